The van der Waals surface area contributed by atoms with Crippen LogP contribution in [0.1, 0.15) is 22.8 Å². The molecule has 6 heteroatoms. The molecule has 0 saturated heterocycles. The second-order valence-electron chi connectivity index (χ2n) is 4.01. The van der Waals surface area contributed by atoms with E-state index in [0.29, 0.717) is 6.54 Å². The van der Waals surface area contributed by atoms with Crippen LogP contribution in [0.5, 0.6) is 0 Å². The van der Waals surface area contributed by atoms with E-state index in [-0.39, 0.29) is 0 Å². The maximum Gasteiger partial charge on any atom is 0.150 e. The molecule has 0 aliphatic rings. The van der Waals surface area contributed by atoms with Gasteiger partial charge in [-0.2, -0.15) is 5.10 Å². The van der Waals surface area contributed by atoms with Crippen LogP contribution >= 0.6 is 15.9 Å². The summed E-state index contributed by atoms with van der Waals surface area (Å²) >= 11 is 3.53. The average molecular weight is 299 g/mol. The van der Waals surface area contributed by atoms with Crippen molar-refractivity contribution >= 4 is 15.9 Å². The first-order valence-corrected chi connectivity index (χ1v) is 6.18. The summed E-state index contributed by atoms with van der Waals surface area (Å²) in [5, 5.41) is 11.5. The summed E-state index contributed by atoms with van der Waals surface area (Å²) in [6.07, 6.45) is 0. The van der Waals surface area contributed by atoms with Gasteiger partial charge in [0.1, 0.15) is 0 Å². The van der Waals surface area contributed by atoms with Crippen molar-refractivity contribution in [2.45, 2.75) is 26.9 Å². The molecule has 0 atom stereocenters. The van der Waals surface area contributed by atoms with Gasteiger partial charge in [0, 0.05) is 19.7 Å². The molecule has 0 unspecified atom stereocenters. The minimum absolute atomic E-state index is 0.664. The van der Waals surface area contributed by atoms with Crippen molar-refractivity contribution in [3.63, 3.8) is 0 Å². The summed E-state index contributed by atoms with van der Waals surface area (Å²) in [5.41, 5.74) is 3.03. The fraction of sp³-hybridized carbons (Fsp3) is 0.455. The molecule has 0 amide bonds. The van der Waals surface area contributed by atoms with Gasteiger partial charge < -0.3 is 9.84 Å². The first kappa shape index (κ1) is 12.3. The zero-order valence-electron chi connectivity index (χ0n) is 10.1. The van der Waals surface area contributed by atoms with Gasteiger partial charge in [0.15, 0.2) is 5.76 Å². The van der Waals surface area contributed by atoms with E-state index in [2.05, 4.69) is 31.5 Å². The van der Waals surface area contributed by atoms with Gasteiger partial charge >= 0.3 is 0 Å². The third kappa shape index (κ3) is 2.76. The van der Waals surface area contributed by atoms with Crippen LogP contribution in [0.2, 0.25) is 0 Å². The van der Waals surface area contributed by atoms with Crippen LogP contribution < -0.4 is 5.32 Å². The number of nitrogens with zero attached hydrogens (tertiary/aromatic N) is 3. The standard InChI is InChI=1S/C11H15BrN4O/c1-7-4-9(17-15-7)5-13-6-10-11(12)8(2)14-16(10)3/h4,13H,5-6H2,1-3H3. The molecule has 1 N–H and O–H groups in total. The maximum absolute atomic E-state index is 5.12. The van der Waals surface area contributed by atoms with E-state index in [9.17, 15) is 0 Å². The van der Waals surface area contributed by atoms with Crippen molar-refractivity contribution in [3.8, 4) is 0 Å². The molecular weight excluding hydrogens is 284 g/mol. The molecule has 2 aromatic rings. The minimum atomic E-state index is 0.664. The Balaban J connectivity index is 1.94. The summed E-state index contributed by atoms with van der Waals surface area (Å²) in [5.74, 6) is 0.845. The van der Waals surface area contributed by atoms with Gasteiger partial charge in [-0.25, -0.2) is 0 Å². The number of halogens is 1. The normalized spacial score (nSPS) is 11.1. The van der Waals surface area contributed by atoms with Crippen LogP contribution in [0.4, 0.5) is 0 Å². The Morgan fingerprint density at radius 3 is 2.71 bits per heavy atom. The van der Waals surface area contributed by atoms with Crippen LogP contribution in [-0.2, 0) is 20.1 Å². The molecule has 0 spiro atoms. The topological polar surface area (TPSA) is 55.9 Å². The van der Waals surface area contributed by atoms with Gasteiger partial charge in [-0.1, -0.05) is 5.16 Å². The number of rotatable bonds is 4. The number of aromatic nitrogens is 3. The zero-order valence-corrected chi connectivity index (χ0v) is 11.7. The molecule has 0 radical (unpaired) electrons. The lowest BCUT2D eigenvalue weighted by Gasteiger charge is -2.03. The molecule has 2 heterocycles. The molecule has 0 saturated carbocycles. The monoisotopic (exact) mass is 298 g/mol. The lowest BCUT2D eigenvalue weighted by Crippen LogP contribution is -2.15. The van der Waals surface area contributed by atoms with Crippen molar-refractivity contribution in [1.29, 1.82) is 0 Å². The quantitative estimate of drug-likeness (QED) is 0.939. The lowest BCUT2D eigenvalue weighted by atomic mass is 10.3. The van der Waals surface area contributed by atoms with E-state index in [1.807, 2.05) is 31.6 Å². The molecule has 17 heavy (non-hydrogen) atoms. The van der Waals surface area contributed by atoms with Crippen LogP contribution in [0.3, 0.4) is 0 Å². The van der Waals surface area contributed by atoms with Crippen molar-refractivity contribution in [2.75, 3.05) is 0 Å². The molecule has 0 aliphatic heterocycles. The van der Waals surface area contributed by atoms with Gasteiger partial charge in [-0.3, -0.25) is 4.68 Å². The SMILES string of the molecule is Cc1cc(CNCc2c(Br)c(C)nn2C)on1. The highest BCUT2D eigenvalue weighted by atomic mass is 79.9. The summed E-state index contributed by atoms with van der Waals surface area (Å²) in [6.45, 7) is 5.29. The van der Waals surface area contributed by atoms with Crippen LogP contribution in [-0.4, -0.2) is 14.9 Å². The second kappa shape index (κ2) is 5.01. The fourth-order valence-electron chi connectivity index (χ4n) is 1.68. The summed E-state index contributed by atoms with van der Waals surface area (Å²) in [6, 6.07) is 1.93. The smallest absolute Gasteiger partial charge is 0.150 e. The average Bonchev–Trinajstić information content (AvgIpc) is 2.78. The third-order valence-corrected chi connectivity index (χ3v) is 3.56. The van der Waals surface area contributed by atoms with Crippen LogP contribution in [0, 0.1) is 13.8 Å². The number of nitrogens with one attached hydrogen (secondary N) is 1. The molecular formula is C11H15BrN4O. The maximum atomic E-state index is 5.12. The molecule has 92 valence electrons. The number of hydrogen-bond donors (Lipinski definition) is 1. The van der Waals surface area contributed by atoms with Gasteiger partial charge in [-0.05, 0) is 29.8 Å². The van der Waals surface area contributed by atoms with E-state index in [4.69, 9.17) is 4.52 Å². The van der Waals surface area contributed by atoms with Crippen molar-refractivity contribution in [1.82, 2.24) is 20.3 Å². The van der Waals surface area contributed by atoms with E-state index in [1.54, 1.807) is 0 Å². The second-order valence-corrected chi connectivity index (χ2v) is 4.80. The van der Waals surface area contributed by atoms with Gasteiger partial charge in [0.2, 0.25) is 0 Å². The minimum Gasteiger partial charge on any atom is -0.360 e. The van der Waals surface area contributed by atoms with Crippen LogP contribution in [0.15, 0.2) is 15.1 Å². The lowest BCUT2D eigenvalue weighted by molar-refractivity contribution is 0.368. The highest BCUT2D eigenvalue weighted by Gasteiger charge is 2.10. The largest absolute Gasteiger partial charge is 0.360 e. The van der Waals surface area contributed by atoms with Gasteiger partial charge in [-0.15, -0.1) is 0 Å². The first-order chi connectivity index (χ1) is 8.08. The Morgan fingerprint density at radius 2 is 2.18 bits per heavy atom. The first-order valence-electron chi connectivity index (χ1n) is 5.39. The number of aryl methyl sites for hydroxylation is 3. The van der Waals surface area contributed by atoms with Crippen molar-refractivity contribution in [3.05, 3.63) is 33.4 Å². The fourth-order valence-corrected chi connectivity index (χ4v) is 2.15. The van der Waals surface area contributed by atoms with Crippen molar-refractivity contribution < 1.29 is 4.52 Å². The van der Waals surface area contributed by atoms with E-state index < -0.39 is 0 Å². The van der Waals surface area contributed by atoms with E-state index >= 15 is 0 Å². The Hall–Kier alpha value is -1.14. The molecule has 5 nitrogen and oxygen atoms in total. The summed E-state index contributed by atoms with van der Waals surface area (Å²) in [7, 11) is 1.94. The molecule has 0 aromatic carbocycles. The van der Waals surface area contributed by atoms with E-state index in [1.165, 1.54) is 0 Å². The third-order valence-electron chi connectivity index (χ3n) is 2.53. The molecule has 2 rings (SSSR count). The highest BCUT2D eigenvalue weighted by Crippen LogP contribution is 2.19. The van der Waals surface area contributed by atoms with E-state index in [0.717, 1.165) is 33.9 Å². The highest BCUT2D eigenvalue weighted by molar-refractivity contribution is 9.10. The van der Waals surface area contributed by atoms with Gasteiger partial charge in [0.05, 0.1) is 28.1 Å². The molecule has 2 aromatic heterocycles. The zero-order chi connectivity index (χ0) is 12.4. The summed E-state index contributed by atoms with van der Waals surface area (Å²) in [4.78, 5) is 0. The van der Waals surface area contributed by atoms with Crippen LogP contribution in [0.25, 0.3) is 0 Å². The predicted octanol–water partition coefficient (Wildman–Crippen LogP) is 2.08. The predicted molar refractivity (Wildman–Crippen MR) is 67.4 cm³/mol. The molecule has 0 fully saturated rings. The van der Waals surface area contributed by atoms with Crippen molar-refractivity contribution in [2.24, 2.45) is 7.05 Å². The van der Waals surface area contributed by atoms with Gasteiger partial charge in [0.25, 0.3) is 0 Å². The Morgan fingerprint density at radius 1 is 1.41 bits per heavy atom. The Labute approximate surface area is 108 Å². The Kier molecular flexibility index (Phi) is 3.63. The number of hydrogen-bond acceptors (Lipinski definition) is 4. The summed E-state index contributed by atoms with van der Waals surface area (Å²) < 4.78 is 8.05. The molecule has 0 bridgehead atoms. The molecule has 0 aliphatic carbocycles. The Bertz CT molecular complexity index is 518.